The lowest BCUT2D eigenvalue weighted by Crippen LogP contribution is -2.42. The van der Waals surface area contributed by atoms with Gasteiger partial charge in [0, 0.05) is 23.0 Å². The number of anilines is 1. The Balaban J connectivity index is 1.87. The van der Waals surface area contributed by atoms with Gasteiger partial charge in [0.25, 0.3) is 0 Å². The molecule has 0 N–H and O–H groups in total. The summed E-state index contributed by atoms with van der Waals surface area (Å²) in [7, 11) is 1.93. The lowest BCUT2D eigenvalue weighted by atomic mass is 10.1. The van der Waals surface area contributed by atoms with Crippen LogP contribution >= 0.6 is 23.4 Å². The van der Waals surface area contributed by atoms with Crippen molar-refractivity contribution >= 4 is 35.0 Å². The number of fused-ring (bicyclic) bond motifs is 1. The molecule has 3 nitrogen and oxygen atoms in total. The van der Waals surface area contributed by atoms with Crippen LogP contribution in [0.1, 0.15) is 10.8 Å². The fourth-order valence-electron chi connectivity index (χ4n) is 2.92. The number of hydrogen-bond acceptors (Lipinski definition) is 3. The van der Waals surface area contributed by atoms with Crippen molar-refractivity contribution in [3.05, 3.63) is 71.8 Å². The first kappa shape index (κ1) is 18.1. The average Bonchev–Trinajstić information content (AvgIpc) is 2.61. The number of benzene rings is 2. The molecule has 25 heavy (non-hydrogen) atoms. The summed E-state index contributed by atoms with van der Waals surface area (Å²) in [5.41, 5.74) is 2.18. The molecule has 5 heteroatoms. The number of carbonyl (C=O) groups is 1. The maximum atomic E-state index is 12.9. The van der Waals surface area contributed by atoms with E-state index in [1.54, 1.807) is 11.8 Å². The highest BCUT2D eigenvalue weighted by atomic mass is 35.5. The third-order valence-electron chi connectivity index (χ3n) is 4.16. The van der Waals surface area contributed by atoms with E-state index in [0.29, 0.717) is 19.6 Å². The Morgan fingerprint density at radius 3 is 2.76 bits per heavy atom. The normalized spacial score (nSPS) is 16.6. The summed E-state index contributed by atoms with van der Waals surface area (Å²) in [6.07, 6.45) is 1.81. The van der Waals surface area contributed by atoms with Gasteiger partial charge in [-0.2, -0.15) is 0 Å². The van der Waals surface area contributed by atoms with Crippen molar-refractivity contribution < 1.29 is 4.79 Å². The van der Waals surface area contributed by atoms with Gasteiger partial charge in [-0.15, -0.1) is 18.3 Å². The van der Waals surface area contributed by atoms with Crippen LogP contribution in [0, 0.1) is 0 Å². The van der Waals surface area contributed by atoms with Crippen molar-refractivity contribution in [3.63, 3.8) is 0 Å². The van der Waals surface area contributed by atoms with Crippen LogP contribution in [0.3, 0.4) is 0 Å². The fraction of sp³-hybridized carbons (Fsp3) is 0.250. The van der Waals surface area contributed by atoms with Crippen molar-refractivity contribution in [2.24, 2.45) is 0 Å². The summed E-state index contributed by atoms with van der Waals surface area (Å²) in [6, 6.07) is 16.0. The van der Waals surface area contributed by atoms with Crippen LogP contribution in [0.2, 0.25) is 5.02 Å². The zero-order valence-corrected chi connectivity index (χ0v) is 15.8. The number of hydrogen-bond donors (Lipinski definition) is 0. The van der Waals surface area contributed by atoms with E-state index in [-0.39, 0.29) is 11.2 Å². The first-order valence-electron chi connectivity index (χ1n) is 8.19. The van der Waals surface area contributed by atoms with Crippen LogP contribution < -0.4 is 4.90 Å². The van der Waals surface area contributed by atoms with Gasteiger partial charge < -0.3 is 4.90 Å². The van der Waals surface area contributed by atoms with Crippen molar-refractivity contribution in [3.8, 4) is 0 Å². The average molecular weight is 373 g/mol. The molecule has 1 atom stereocenters. The second-order valence-corrected chi connectivity index (χ2v) is 7.80. The second kappa shape index (κ2) is 8.09. The van der Waals surface area contributed by atoms with E-state index < -0.39 is 0 Å². The van der Waals surface area contributed by atoms with E-state index in [4.69, 9.17) is 11.6 Å². The van der Waals surface area contributed by atoms with Crippen LogP contribution in [0.25, 0.3) is 0 Å². The summed E-state index contributed by atoms with van der Waals surface area (Å²) in [5.74, 6) is 0.107. The van der Waals surface area contributed by atoms with Gasteiger partial charge in [-0.3, -0.25) is 9.69 Å². The van der Waals surface area contributed by atoms with Gasteiger partial charge in [-0.1, -0.05) is 41.9 Å². The molecule has 0 fully saturated rings. The van der Waals surface area contributed by atoms with Crippen LogP contribution in [0.5, 0.6) is 0 Å². The summed E-state index contributed by atoms with van der Waals surface area (Å²) >= 11 is 7.81. The number of para-hydroxylation sites is 1. The molecule has 0 aliphatic carbocycles. The molecule has 1 heterocycles. The lowest BCUT2D eigenvalue weighted by Gasteiger charge is -2.35. The highest BCUT2D eigenvalue weighted by Crippen LogP contribution is 2.45. The Bertz CT molecular complexity index is 763. The molecule has 0 spiro atoms. The quantitative estimate of drug-likeness (QED) is 0.714. The summed E-state index contributed by atoms with van der Waals surface area (Å²) in [4.78, 5) is 17.9. The van der Waals surface area contributed by atoms with Crippen LogP contribution in [-0.2, 0) is 4.79 Å². The Hall–Kier alpha value is -1.75. The van der Waals surface area contributed by atoms with E-state index in [0.717, 1.165) is 15.6 Å². The highest BCUT2D eigenvalue weighted by Gasteiger charge is 2.30. The molecule has 0 aromatic heterocycles. The Kier molecular flexibility index (Phi) is 5.84. The molecule has 0 radical (unpaired) electrons. The Morgan fingerprint density at radius 2 is 2.04 bits per heavy atom. The molecule has 1 aliphatic heterocycles. The monoisotopic (exact) mass is 372 g/mol. The zero-order valence-electron chi connectivity index (χ0n) is 14.2. The third kappa shape index (κ3) is 4.27. The van der Waals surface area contributed by atoms with E-state index >= 15 is 0 Å². The molecule has 2 aromatic rings. The van der Waals surface area contributed by atoms with Gasteiger partial charge in [-0.25, -0.2) is 0 Å². The number of carbonyl (C=O) groups excluding carboxylic acids is 1. The number of amides is 1. The molecule has 130 valence electrons. The summed E-state index contributed by atoms with van der Waals surface area (Å²) in [5, 5.41) is 0.921. The lowest BCUT2D eigenvalue weighted by molar-refractivity contribution is -0.119. The highest BCUT2D eigenvalue weighted by molar-refractivity contribution is 7.99. The summed E-state index contributed by atoms with van der Waals surface area (Å²) in [6.45, 7) is 5.46. The molecular weight excluding hydrogens is 352 g/mol. The van der Waals surface area contributed by atoms with Crippen molar-refractivity contribution in [1.29, 1.82) is 0 Å². The van der Waals surface area contributed by atoms with Crippen LogP contribution in [0.4, 0.5) is 5.69 Å². The van der Waals surface area contributed by atoms with E-state index in [9.17, 15) is 4.79 Å². The third-order valence-corrected chi connectivity index (χ3v) is 5.72. The van der Waals surface area contributed by atoms with E-state index in [1.807, 2.05) is 65.4 Å². The topological polar surface area (TPSA) is 23.6 Å². The largest absolute Gasteiger partial charge is 0.309 e. The SMILES string of the molecule is C=CCN(C)CC(=O)N1CC(c2ccc(Cl)cc2)Sc2ccccc21. The van der Waals surface area contributed by atoms with Crippen LogP contribution in [0.15, 0.2) is 66.1 Å². The first-order valence-corrected chi connectivity index (χ1v) is 9.45. The van der Waals surface area contributed by atoms with Gasteiger partial charge in [-0.05, 0) is 36.9 Å². The molecule has 3 rings (SSSR count). The summed E-state index contributed by atoms with van der Waals surface area (Å²) < 4.78 is 0. The van der Waals surface area contributed by atoms with Crippen molar-refractivity contribution in [2.45, 2.75) is 10.1 Å². The minimum Gasteiger partial charge on any atom is -0.309 e. The molecule has 1 aliphatic rings. The van der Waals surface area contributed by atoms with Gasteiger partial charge >= 0.3 is 0 Å². The molecule has 1 amide bonds. The number of likely N-dealkylation sites (N-methyl/N-ethyl adjacent to an activating group) is 1. The van der Waals surface area contributed by atoms with Gasteiger partial charge in [0.05, 0.1) is 17.5 Å². The van der Waals surface area contributed by atoms with Crippen molar-refractivity contribution in [1.82, 2.24) is 4.90 Å². The standard InChI is InChI=1S/C20H21ClN2OS/c1-3-12-22(2)14-20(24)23-13-19(15-8-10-16(21)11-9-15)25-18-7-5-4-6-17(18)23/h3-11,19H,1,12-14H2,2H3. The van der Waals surface area contributed by atoms with Gasteiger partial charge in [0.1, 0.15) is 0 Å². The molecular formula is C20H21ClN2OS. The maximum Gasteiger partial charge on any atom is 0.241 e. The van der Waals surface area contributed by atoms with Crippen molar-refractivity contribution in [2.75, 3.05) is 31.6 Å². The number of nitrogens with zero attached hydrogens (tertiary/aromatic N) is 2. The predicted octanol–water partition coefficient (Wildman–Crippen LogP) is 4.64. The molecule has 0 bridgehead atoms. The fourth-order valence-corrected chi connectivity index (χ4v) is 4.33. The number of halogens is 1. The number of thioether (sulfide) groups is 1. The van der Waals surface area contributed by atoms with E-state index in [1.165, 1.54) is 5.56 Å². The molecule has 0 saturated carbocycles. The van der Waals surface area contributed by atoms with Gasteiger partial charge in [0.2, 0.25) is 5.91 Å². The maximum absolute atomic E-state index is 12.9. The molecule has 1 unspecified atom stereocenters. The second-order valence-electron chi connectivity index (χ2n) is 6.12. The minimum atomic E-state index is 0.107. The number of rotatable bonds is 5. The zero-order chi connectivity index (χ0) is 17.8. The van der Waals surface area contributed by atoms with Crippen LogP contribution in [-0.4, -0.2) is 37.5 Å². The Labute approximate surface area is 158 Å². The van der Waals surface area contributed by atoms with E-state index in [2.05, 4.69) is 12.6 Å². The molecule has 0 saturated heterocycles. The minimum absolute atomic E-state index is 0.107. The predicted molar refractivity (Wildman–Crippen MR) is 107 cm³/mol. The first-order chi connectivity index (χ1) is 12.1. The smallest absolute Gasteiger partial charge is 0.241 e. The molecule has 2 aromatic carbocycles. The van der Waals surface area contributed by atoms with Gasteiger partial charge in [0.15, 0.2) is 0 Å². The Morgan fingerprint density at radius 1 is 1.32 bits per heavy atom.